The van der Waals surface area contributed by atoms with Gasteiger partial charge in [-0.25, -0.2) is 0 Å². The van der Waals surface area contributed by atoms with E-state index < -0.39 is 0 Å². The highest BCUT2D eigenvalue weighted by atomic mass is 79.9. The molecule has 0 spiro atoms. The molecular formula is C16H22BrN. The minimum absolute atomic E-state index is 0.299. The first kappa shape index (κ1) is 13.7. The van der Waals surface area contributed by atoms with Crippen molar-refractivity contribution in [2.24, 2.45) is 5.41 Å². The highest BCUT2D eigenvalue weighted by molar-refractivity contribution is 9.10. The van der Waals surface area contributed by atoms with E-state index >= 15 is 0 Å². The number of benzene rings is 1. The van der Waals surface area contributed by atoms with Crippen LogP contribution >= 0.6 is 15.9 Å². The minimum Gasteiger partial charge on any atom is -0.385 e. The van der Waals surface area contributed by atoms with E-state index in [4.69, 9.17) is 0 Å². The Hall–Kier alpha value is -0.760. The van der Waals surface area contributed by atoms with Crippen LogP contribution in [0.5, 0.6) is 0 Å². The summed E-state index contributed by atoms with van der Waals surface area (Å²) in [6.45, 7) is 9.11. The lowest BCUT2D eigenvalue weighted by atomic mass is 9.84. The molecule has 0 fully saturated rings. The lowest BCUT2D eigenvalue weighted by molar-refractivity contribution is 0.299. The second-order valence-electron chi connectivity index (χ2n) is 6.20. The van der Waals surface area contributed by atoms with Gasteiger partial charge in [0.25, 0.3) is 0 Å². The van der Waals surface area contributed by atoms with Gasteiger partial charge >= 0.3 is 0 Å². The number of halogens is 1. The Morgan fingerprint density at radius 3 is 2.17 bits per heavy atom. The third-order valence-electron chi connectivity index (χ3n) is 3.87. The maximum atomic E-state index is 3.69. The van der Waals surface area contributed by atoms with E-state index in [2.05, 4.69) is 73.2 Å². The molecule has 1 N–H and O–H groups in total. The van der Waals surface area contributed by atoms with Crippen molar-refractivity contribution in [3.05, 3.63) is 40.0 Å². The van der Waals surface area contributed by atoms with Crippen molar-refractivity contribution in [1.29, 1.82) is 0 Å². The summed E-state index contributed by atoms with van der Waals surface area (Å²) >= 11 is 3.48. The van der Waals surface area contributed by atoms with Crippen molar-refractivity contribution < 1.29 is 0 Å². The molecule has 1 aromatic carbocycles. The van der Waals surface area contributed by atoms with Crippen LogP contribution in [0, 0.1) is 5.41 Å². The summed E-state index contributed by atoms with van der Waals surface area (Å²) in [5.74, 6) is 0. The van der Waals surface area contributed by atoms with Gasteiger partial charge in [-0.2, -0.15) is 0 Å². The maximum Gasteiger partial charge on any atom is 0.0278 e. The number of hydrogen-bond acceptors (Lipinski definition) is 1. The largest absolute Gasteiger partial charge is 0.385 e. The molecule has 0 saturated carbocycles. The quantitative estimate of drug-likeness (QED) is 0.830. The van der Waals surface area contributed by atoms with Crippen LogP contribution in [-0.2, 0) is 0 Å². The SMILES string of the molecule is CC(NC1=C(c2ccc(Br)cc2)CC1)C(C)(C)C. The third kappa shape index (κ3) is 2.97. The normalized spacial score (nSPS) is 17.4. The van der Waals surface area contributed by atoms with E-state index in [9.17, 15) is 0 Å². The molecule has 1 atom stereocenters. The van der Waals surface area contributed by atoms with Crippen molar-refractivity contribution in [3.63, 3.8) is 0 Å². The van der Waals surface area contributed by atoms with E-state index in [1.807, 2.05) is 0 Å². The molecule has 0 aliphatic heterocycles. The van der Waals surface area contributed by atoms with Crippen molar-refractivity contribution in [3.8, 4) is 0 Å². The number of rotatable bonds is 3. The van der Waals surface area contributed by atoms with Crippen molar-refractivity contribution in [2.75, 3.05) is 0 Å². The number of allylic oxidation sites excluding steroid dienone is 2. The average Bonchev–Trinajstić information content (AvgIpc) is 2.26. The van der Waals surface area contributed by atoms with Gasteiger partial charge in [0.1, 0.15) is 0 Å². The van der Waals surface area contributed by atoms with Crippen LogP contribution in [0.1, 0.15) is 46.1 Å². The Morgan fingerprint density at radius 2 is 1.72 bits per heavy atom. The van der Waals surface area contributed by atoms with Gasteiger partial charge in [-0.1, -0.05) is 48.8 Å². The Kier molecular flexibility index (Phi) is 3.86. The van der Waals surface area contributed by atoms with E-state index in [-0.39, 0.29) is 0 Å². The number of nitrogens with one attached hydrogen (secondary N) is 1. The van der Waals surface area contributed by atoms with Crippen LogP contribution in [0.25, 0.3) is 5.57 Å². The molecule has 0 radical (unpaired) electrons. The van der Waals surface area contributed by atoms with Gasteiger partial charge in [0, 0.05) is 16.2 Å². The summed E-state index contributed by atoms with van der Waals surface area (Å²) in [6, 6.07) is 9.12. The zero-order chi connectivity index (χ0) is 13.3. The van der Waals surface area contributed by atoms with E-state index in [0.717, 1.165) is 4.47 Å². The van der Waals surface area contributed by atoms with Crippen molar-refractivity contribution in [2.45, 2.75) is 46.6 Å². The zero-order valence-electron chi connectivity index (χ0n) is 11.7. The molecule has 1 nitrogen and oxygen atoms in total. The van der Waals surface area contributed by atoms with Crippen LogP contribution in [0.15, 0.2) is 34.4 Å². The Bertz CT molecular complexity index is 451. The Balaban J connectivity index is 2.14. The molecule has 0 bridgehead atoms. The fourth-order valence-corrected chi connectivity index (χ4v) is 2.25. The lowest BCUT2D eigenvalue weighted by Gasteiger charge is -2.34. The Morgan fingerprint density at radius 1 is 1.11 bits per heavy atom. The molecule has 98 valence electrons. The van der Waals surface area contributed by atoms with Gasteiger partial charge in [-0.15, -0.1) is 0 Å². The highest BCUT2D eigenvalue weighted by Gasteiger charge is 2.25. The molecule has 2 rings (SSSR count). The summed E-state index contributed by atoms with van der Waals surface area (Å²) in [6.07, 6.45) is 2.38. The summed E-state index contributed by atoms with van der Waals surface area (Å²) in [7, 11) is 0. The van der Waals surface area contributed by atoms with Gasteiger partial charge in [-0.05, 0) is 48.4 Å². The molecule has 0 amide bonds. The average molecular weight is 308 g/mol. The van der Waals surface area contributed by atoms with Crippen LogP contribution < -0.4 is 5.32 Å². The van der Waals surface area contributed by atoms with Gasteiger partial charge in [0.15, 0.2) is 0 Å². The third-order valence-corrected chi connectivity index (χ3v) is 4.40. The summed E-state index contributed by atoms with van der Waals surface area (Å²) in [5.41, 5.74) is 4.57. The second-order valence-corrected chi connectivity index (χ2v) is 7.11. The molecule has 2 heteroatoms. The van der Waals surface area contributed by atoms with E-state index in [1.54, 1.807) is 0 Å². The first-order chi connectivity index (χ1) is 8.38. The molecule has 1 aromatic rings. The minimum atomic E-state index is 0.299. The topological polar surface area (TPSA) is 12.0 Å². The smallest absolute Gasteiger partial charge is 0.0278 e. The van der Waals surface area contributed by atoms with Gasteiger partial charge in [0.05, 0.1) is 0 Å². The predicted octanol–water partition coefficient (Wildman–Crippen LogP) is 4.98. The van der Waals surface area contributed by atoms with Crippen LogP contribution in [-0.4, -0.2) is 6.04 Å². The molecule has 18 heavy (non-hydrogen) atoms. The highest BCUT2D eigenvalue weighted by Crippen LogP contribution is 2.36. The molecule has 1 aliphatic carbocycles. The molecule has 0 heterocycles. The van der Waals surface area contributed by atoms with E-state index in [1.165, 1.54) is 29.7 Å². The van der Waals surface area contributed by atoms with Crippen molar-refractivity contribution >= 4 is 21.5 Å². The molecule has 0 saturated heterocycles. The fourth-order valence-electron chi connectivity index (χ4n) is 1.98. The van der Waals surface area contributed by atoms with Crippen LogP contribution in [0.3, 0.4) is 0 Å². The van der Waals surface area contributed by atoms with Gasteiger partial charge in [-0.3, -0.25) is 0 Å². The molecule has 0 aromatic heterocycles. The maximum absolute atomic E-state index is 3.69. The second kappa shape index (κ2) is 5.08. The molecule has 1 aliphatic rings. The Labute approximate surface area is 119 Å². The van der Waals surface area contributed by atoms with Crippen LogP contribution in [0.2, 0.25) is 0 Å². The van der Waals surface area contributed by atoms with Gasteiger partial charge < -0.3 is 5.32 Å². The summed E-state index contributed by atoms with van der Waals surface area (Å²) < 4.78 is 1.14. The predicted molar refractivity (Wildman–Crippen MR) is 82.3 cm³/mol. The lowest BCUT2D eigenvalue weighted by Crippen LogP contribution is -2.39. The first-order valence-corrected chi connectivity index (χ1v) is 7.42. The van der Waals surface area contributed by atoms with Crippen molar-refractivity contribution in [1.82, 2.24) is 5.32 Å². The summed E-state index contributed by atoms with van der Waals surface area (Å²) in [5, 5.41) is 3.69. The summed E-state index contributed by atoms with van der Waals surface area (Å²) in [4.78, 5) is 0. The monoisotopic (exact) mass is 307 g/mol. The van der Waals surface area contributed by atoms with Gasteiger partial charge in [0.2, 0.25) is 0 Å². The van der Waals surface area contributed by atoms with E-state index in [0.29, 0.717) is 11.5 Å². The fraction of sp³-hybridized carbons (Fsp3) is 0.500. The standard InChI is InChI=1S/C16H22BrN/c1-11(16(2,3)4)18-15-10-9-14(15)12-5-7-13(17)8-6-12/h5-8,11,18H,9-10H2,1-4H3. The molecular weight excluding hydrogens is 286 g/mol. The number of hydrogen-bond donors (Lipinski definition) is 1. The zero-order valence-corrected chi connectivity index (χ0v) is 13.3. The molecule has 1 unspecified atom stereocenters. The first-order valence-electron chi connectivity index (χ1n) is 6.62. The van der Waals surface area contributed by atoms with Crippen LogP contribution in [0.4, 0.5) is 0 Å².